The lowest BCUT2D eigenvalue weighted by molar-refractivity contribution is 0.0170. The number of rotatable bonds is 9. The van der Waals surface area contributed by atoms with Gasteiger partial charge in [0.1, 0.15) is 5.75 Å². The van der Waals surface area contributed by atoms with E-state index in [4.69, 9.17) is 9.47 Å². The summed E-state index contributed by atoms with van der Waals surface area (Å²) in [5, 5.41) is 6.41. The standard InChI is InChI=1S/C19H32N4O4S.HI/c1-4-28(24,25)14-9-21-19(20-2)22-15-18(23-10-12-27-13-11-23)16-5-7-17(26-3)8-6-16;/h5-8,18H,4,9-15H2,1-3H3,(H2,20,21,22);1H. The van der Waals surface area contributed by atoms with Crippen LogP contribution < -0.4 is 15.4 Å². The Morgan fingerprint density at radius 3 is 2.45 bits per heavy atom. The van der Waals surface area contributed by atoms with E-state index < -0.39 is 9.84 Å². The average molecular weight is 540 g/mol. The van der Waals surface area contributed by atoms with Gasteiger partial charge in [0.25, 0.3) is 0 Å². The van der Waals surface area contributed by atoms with Crippen molar-refractivity contribution in [2.24, 2.45) is 4.99 Å². The quantitative estimate of drug-likeness (QED) is 0.277. The molecule has 1 atom stereocenters. The van der Waals surface area contributed by atoms with Crippen LogP contribution in [0.25, 0.3) is 0 Å². The second-order valence-electron chi connectivity index (χ2n) is 6.55. The van der Waals surface area contributed by atoms with Crippen molar-refractivity contribution in [3.05, 3.63) is 29.8 Å². The molecule has 1 aromatic carbocycles. The van der Waals surface area contributed by atoms with E-state index in [-0.39, 0.29) is 41.5 Å². The van der Waals surface area contributed by atoms with Crippen LogP contribution in [0.3, 0.4) is 0 Å². The van der Waals surface area contributed by atoms with Crippen LogP contribution in [0.2, 0.25) is 0 Å². The summed E-state index contributed by atoms with van der Waals surface area (Å²) in [6.07, 6.45) is 0. The van der Waals surface area contributed by atoms with Gasteiger partial charge in [-0.25, -0.2) is 8.42 Å². The average Bonchev–Trinajstić information content (AvgIpc) is 2.73. The van der Waals surface area contributed by atoms with Crippen LogP contribution in [-0.2, 0) is 14.6 Å². The van der Waals surface area contributed by atoms with Gasteiger partial charge in [0.05, 0.1) is 32.1 Å². The Bertz CT molecular complexity index is 722. The highest BCUT2D eigenvalue weighted by molar-refractivity contribution is 14.0. The molecule has 1 heterocycles. The smallest absolute Gasteiger partial charge is 0.191 e. The lowest BCUT2D eigenvalue weighted by Gasteiger charge is -2.35. The molecular formula is C19H33IN4O4S. The number of aliphatic imine (C=N–C) groups is 1. The van der Waals surface area contributed by atoms with Crippen LogP contribution in [0.5, 0.6) is 5.75 Å². The van der Waals surface area contributed by atoms with E-state index in [0.29, 0.717) is 32.3 Å². The Balaban J connectivity index is 0.00000420. The van der Waals surface area contributed by atoms with Gasteiger partial charge in [-0.1, -0.05) is 19.1 Å². The van der Waals surface area contributed by atoms with E-state index in [2.05, 4.69) is 32.7 Å². The number of benzene rings is 1. The van der Waals surface area contributed by atoms with Crippen molar-refractivity contribution >= 4 is 39.8 Å². The predicted molar refractivity (Wildman–Crippen MR) is 127 cm³/mol. The van der Waals surface area contributed by atoms with Crippen LogP contribution in [0.15, 0.2) is 29.3 Å². The highest BCUT2D eigenvalue weighted by Gasteiger charge is 2.23. The van der Waals surface area contributed by atoms with E-state index >= 15 is 0 Å². The number of guanidine groups is 1. The highest BCUT2D eigenvalue weighted by atomic mass is 127. The molecule has 166 valence electrons. The molecule has 0 saturated carbocycles. The molecule has 2 rings (SSSR count). The van der Waals surface area contributed by atoms with Crippen molar-refractivity contribution in [2.45, 2.75) is 13.0 Å². The first-order valence-electron chi connectivity index (χ1n) is 9.59. The van der Waals surface area contributed by atoms with Gasteiger partial charge < -0.3 is 20.1 Å². The van der Waals surface area contributed by atoms with Crippen LogP contribution in [-0.4, -0.2) is 84.3 Å². The highest BCUT2D eigenvalue weighted by Crippen LogP contribution is 2.23. The fourth-order valence-corrected chi connectivity index (χ4v) is 3.76. The fraction of sp³-hybridized carbons (Fsp3) is 0.632. The van der Waals surface area contributed by atoms with Crippen molar-refractivity contribution < 1.29 is 17.9 Å². The summed E-state index contributed by atoms with van der Waals surface area (Å²) in [4.78, 5) is 6.59. The maximum Gasteiger partial charge on any atom is 0.191 e. The van der Waals surface area contributed by atoms with Crippen molar-refractivity contribution in [1.29, 1.82) is 0 Å². The summed E-state index contributed by atoms with van der Waals surface area (Å²) in [6, 6.07) is 8.22. The Morgan fingerprint density at radius 1 is 1.24 bits per heavy atom. The first kappa shape index (κ1) is 25.9. The van der Waals surface area contributed by atoms with Gasteiger partial charge in [-0.3, -0.25) is 9.89 Å². The molecule has 0 spiro atoms. The van der Waals surface area contributed by atoms with Crippen molar-refractivity contribution in [3.63, 3.8) is 0 Å². The van der Waals surface area contributed by atoms with Gasteiger partial charge >= 0.3 is 0 Å². The molecule has 29 heavy (non-hydrogen) atoms. The van der Waals surface area contributed by atoms with E-state index in [1.807, 2.05) is 12.1 Å². The third-order valence-corrected chi connectivity index (χ3v) is 6.52. The molecular weight excluding hydrogens is 507 g/mol. The van der Waals surface area contributed by atoms with Gasteiger partial charge in [0, 0.05) is 39.0 Å². The Morgan fingerprint density at radius 2 is 1.90 bits per heavy atom. The number of halogens is 1. The lowest BCUT2D eigenvalue weighted by atomic mass is 10.0. The third-order valence-electron chi connectivity index (χ3n) is 4.82. The first-order valence-corrected chi connectivity index (χ1v) is 11.4. The molecule has 10 heteroatoms. The molecule has 2 N–H and O–H groups in total. The minimum atomic E-state index is -3.00. The fourth-order valence-electron chi connectivity index (χ4n) is 3.06. The van der Waals surface area contributed by atoms with Crippen LogP contribution in [0.4, 0.5) is 0 Å². The topological polar surface area (TPSA) is 92.3 Å². The Labute approximate surface area is 191 Å². The second kappa shape index (κ2) is 13.2. The minimum Gasteiger partial charge on any atom is -0.497 e. The number of hydrogen-bond acceptors (Lipinski definition) is 6. The molecule has 1 aliphatic rings. The van der Waals surface area contributed by atoms with Gasteiger partial charge in [0.15, 0.2) is 15.8 Å². The summed E-state index contributed by atoms with van der Waals surface area (Å²) in [5.74, 6) is 1.66. The van der Waals surface area contributed by atoms with Crippen molar-refractivity contribution in [1.82, 2.24) is 15.5 Å². The number of methoxy groups -OCH3 is 1. The number of ether oxygens (including phenoxy) is 2. The molecule has 0 aromatic heterocycles. The normalized spacial score (nSPS) is 16.6. The lowest BCUT2D eigenvalue weighted by Crippen LogP contribution is -2.46. The second-order valence-corrected chi connectivity index (χ2v) is 9.03. The van der Waals surface area contributed by atoms with Gasteiger partial charge in [-0.05, 0) is 17.7 Å². The molecule has 1 unspecified atom stereocenters. The SMILES string of the molecule is CCS(=O)(=O)CCNC(=NC)NCC(c1ccc(OC)cc1)N1CCOCC1.I. The summed E-state index contributed by atoms with van der Waals surface area (Å²) >= 11 is 0. The van der Waals surface area contributed by atoms with Gasteiger partial charge in [-0.2, -0.15) is 0 Å². The van der Waals surface area contributed by atoms with E-state index in [0.717, 1.165) is 18.8 Å². The van der Waals surface area contributed by atoms with E-state index in [9.17, 15) is 8.42 Å². The predicted octanol–water partition coefficient (Wildman–Crippen LogP) is 1.29. The molecule has 0 amide bonds. The van der Waals surface area contributed by atoms with E-state index in [1.54, 1.807) is 21.1 Å². The molecule has 0 bridgehead atoms. The van der Waals surface area contributed by atoms with Gasteiger partial charge in [0.2, 0.25) is 0 Å². The first-order chi connectivity index (χ1) is 13.5. The Hall–Kier alpha value is -1.11. The van der Waals surface area contributed by atoms with Crippen molar-refractivity contribution in [3.8, 4) is 5.75 Å². The van der Waals surface area contributed by atoms with Gasteiger partial charge in [-0.15, -0.1) is 24.0 Å². The molecule has 0 aliphatic carbocycles. The number of hydrogen-bond donors (Lipinski definition) is 2. The summed E-state index contributed by atoms with van der Waals surface area (Å²) in [7, 11) is 0.338. The van der Waals surface area contributed by atoms with Crippen LogP contribution in [0.1, 0.15) is 18.5 Å². The molecule has 8 nitrogen and oxygen atoms in total. The van der Waals surface area contributed by atoms with Crippen LogP contribution in [0, 0.1) is 0 Å². The number of nitrogens with zero attached hydrogens (tertiary/aromatic N) is 2. The summed E-state index contributed by atoms with van der Waals surface area (Å²) in [5.41, 5.74) is 1.18. The molecule has 1 aliphatic heterocycles. The number of sulfone groups is 1. The largest absolute Gasteiger partial charge is 0.497 e. The van der Waals surface area contributed by atoms with E-state index in [1.165, 1.54) is 5.56 Å². The van der Waals surface area contributed by atoms with Crippen molar-refractivity contribution in [2.75, 3.05) is 65.1 Å². The minimum absolute atomic E-state index is 0. The molecule has 1 fully saturated rings. The zero-order chi connectivity index (χ0) is 20.4. The maximum absolute atomic E-state index is 11.7. The zero-order valence-corrected chi connectivity index (χ0v) is 20.5. The third kappa shape index (κ3) is 8.65. The molecule has 1 saturated heterocycles. The number of nitrogens with one attached hydrogen (secondary N) is 2. The zero-order valence-electron chi connectivity index (χ0n) is 17.4. The Kier molecular flexibility index (Phi) is 11.8. The molecule has 1 aromatic rings. The monoisotopic (exact) mass is 540 g/mol. The molecule has 0 radical (unpaired) electrons. The summed E-state index contributed by atoms with van der Waals surface area (Å²) in [6.45, 7) is 5.79. The maximum atomic E-state index is 11.7. The van der Waals surface area contributed by atoms with Crippen LogP contribution >= 0.6 is 24.0 Å². The summed E-state index contributed by atoms with van der Waals surface area (Å²) < 4.78 is 34.1. The number of morpholine rings is 1.